The number of carbonyl (C=O) groups is 1. The van der Waals surface area contributed by atoms with E-state index in [9.17, 15) is 4.79 Å². The first-order valence-electron chi connectivity index (χ1n) is 7.91. The summed E-state index contributed by atoms with van der Waals surface area (Å²) in [5.41, 5.74) is 5.06. The molecule has 0 saturated heterocycles. The molecule has 0 spiro atoms. The van der Waals surface area contributed by atoms with Gasteiger partial charge >= 0.3 is 0 Å². The zero-order chi connectivity index (χ0) is 17.1. The minimum Gasteiger partial charge on any atom is -0.350 e. The predicted molar refractivity (Wildman–Crippen MR) is 91.8 cm³/mol. The molecule has 0 aliphatic heterocycles. The molecular formula is C18H21N5O. The Hall–Kier alpha value is -2.89. The molecule has 6 nitrogen and oxygen atoms in total. The molecule has 124 valence electrons. The fourth-order valence-electron chi connectivity index (χ4n) is 2.69. The lowest BCUT2D eigenvalue weighted by Gasteiger charge is -2.07. The lowest BCUT2D eigenvalue weighted by molar-refractivity contribution is -0.122. The number of para-hydroxylation sites is 1. The number of benzene rings is 1. The van der Waals surface area contributed by atoms with Gasteiger partial charge in [-0.1, -0.05) is 18.2 Å². The molecule has 3 aromatic rings. The van der Waals surface area contributed by atoms with Crippen molar-refractivity contribution in [1.82, 2.24) is 24.9 Å². The molecule has 0 radical (unpaired) electrons. The van der Waals surface area contributed by atoms with Crippen LogP contribution in [-0.4, -0.2) is 25.5 Å². The van der Waals surface area contributed by atoms with E-state index in [1.807, 2.05) is 62.0 Å². The van der Waals surface area contributed by atoms with E-state index in [0.717, 1.165) is 28.2 Å². The van der Waals surface area contributed by atoms with Crippen LogP contribution >= 0.6 is 0 Å². The van der Waals surface area contributed by atoms with Crippen molar-refractivity contribution in [2.24, 2.45) is 0 Å². The summed E-state index contributed by atoms with van der Waals surface area (Å²) in [7, 11) is 0. The van der Waals surface area contributed by atoms with Crippen molar-refractivity contribution in [2.45, 2.75) is 33.9 Å². The summed E-state index contributed by atoms with van der Waals surface area (Å²) >= 11 is 0. The first kappa shape index (κ1) is 16.0. The molecular weight excluding hydrogens is 302 g/mol. The largest absolute Gasteiger partial charge is 0.350 e. The highest BCUT2D eigenvalue weighted by atomic mass is 16.2. The molecule has 0 bridgehead atoms. The Balaban J connectivity index is 1.69. The van der Waals surface area contributed by atoms with Crippen molar-refractivity contribution in [3.05, 3.63) is 65.2 Å². The van der Waals surface area contributed by atoms with Gasteiger partial charge in [0, 0.05) is 24.0 Å². The third kappa shape index (κ3) is 3.37. The molecule has 1 N–H and O–H groups in total. The summed E-state index contributed by atoms with van der Waals surface area (Å²) in [6.07, 6.45) is 3.59. The summed E-state index contributed by atoms with van der Waals surface area (Å²) in [5.74, 6) is -0.0654. The molecule has 2 heterocycles. The second kappa shape index (κ2) is 6.70. The van der Waals surface area contributed by atoms with Crippen molar-refractivity contribution < 1.29 is 4.79 Å². The van der Waals surface area contributed by atoms with E-state index in [4.69, 9.17) is 0 Å². The lowest BCUT2D eigenvalue weighted by atomic mass is 10.2. The number of nitrogens with zero attached hydrogens (tertiary/aromatic N) is 4. The van der Waals surface area contributed by atoms with Gasteiger partial charge in [-0.3, -0.25) is 9.48 Å². The van der Waals surface area contributed by atoms with E-state index in [2.05, 4.69) is 15.5 Å². The lowest BCUT2D eigenvalue weighted by Crippen LogP contribution is -2.27. The summed E-state index contributed by atoms with van der Waals surface area (Å²) in [5, 5.41) is 11.7. The smallest absolute Gasteiger partial charge is 0.241 e. The average molecular weight is 323 g/mol. The van der Waals surface area contributed by atoms with Crippen molar-refractivity contribution in [3.8, 4) is 5.69 Å². The molecule has 0 fully saturated rings. The van der Waals surface area contributed by atoms with Gasteiger partial charge in [0.1, 0.15) is 6.54 Å². The number of nitrogens with one attached hydrogen (secondary N) is 1. The van der Waals surface area contributed by atoms with Crippen molar-refractivity contribution >= 4 is 5.91 Å². The van der Waals surface area contributed by atoms with Crippen LogP contribution in [0, 0.1) is 20.8 Å². The Kier molecular flexibility index (Phi) is 4.46. The molecule has 3 rings (SSSR count). The molecule has 0 aliphatic rings. The van der Waals surface area contributed by atoms with Crippen molar-refractivity contribution in [2.75, 3.05) is 0 Å². The molecule has 1 amide bonds. The fourth-order valence-corrected chi connectivity index (χ4v) is 2.69. The van der Waals surface area contributed by atoms with Gasteiger partial charge in [0.2, 0.25) is 5.91 Å². The second-order valence-corrected chi connectivity index (χ2v) is 5.89. The highest BCUT2D eigenvalue weighted by molar-refractivity contribution is 5.75. The van der Waals surface area contributed by atoms with Crippen LogP contribution in [0.15, 0.2) is 42.7 Å². The number of aryl methyl sites for hydroxylation is 2. The molecule has 2 aromatic heterocycles. The number of aromatic nitrogens is 4. The topological polar surface area (TPSA) is 64.7 Å². The minimum atomic E-state index is -0.0654. The molecule has 0 aliphatic carbocycles. The highest BCUT2D eigenvalue weighted by Gasteiger charge is 2.13. The molecule has 24 heavy (non-hydrogen) atoms. The van der Waals surface area contributed by atoms with Crippen LogP contribution in [0.2, 0.25) is 0 Å². The average Bonchev–Trinajstić information content (AvgIpc) is 3.10. The highest BCUT2D eigenvalue weighted by Crippen LogP contribution is 2.17. The quantitative estimate of drug-likeness (QED) is 0.783. The van der Waals surface area contributed by atoms with Crippen LogP contribution in [0.3, 0.4) is 0 Å². The number of hydrogen-bond donors (Lipinski definition) is 1. The third-order valence-corrected chi connectivity index (χ3v) is 3.97. The van der Waals surface area contributed by atoms with Crippen LogP contribution in [0.1, 0.15) is 22.5 Å². The summed E-state index contributed by atoms with van der Waals surface area (Å²) in [4.78, 5) is 12.1. The molecule has 0 saturated carbocycles. The normalized spacial score (nSPS) is 10.8. The standard InChI is InChI=1S/C18H21N5O/c1-13-9-20-22(11-13)12-18(24)19-10-17-14(2)21-23(15(17)3)16-7-5-4-6-8-16/h4-9,11H,10,12H2,1-3H3,(H,19,24). The van der Waals surface area contributed by atoms with Crippen LogP contribution < -0.4 is 5.32 Å². The van der Waals surface area contributed by atoms with Gasteiger partial charge in [-0.2, -0.15) is 10.2 Å². The van der Waals surface area contributed by atoms with Gasteiger partial charge in [-0.05, 0) is 38.5 Å². The maximum atomic E-state index is 12.1. The van der Waals surface area contributed by atoms with Crippen LogP contribution in [0.4, 0.5) is 0 Å². The van der Waals surface area contributed by atoms with Gasteiger partial charge in [0.05, 0.1) is 17.6 Å². The van der Waals surface area contributed by atoms with E-state index in [1.165, 1.54) is 0 Å². The third-order valence-electron chi connectivity index (χ3n) is 3.97. The number of hydrogen-bond acceptors (Lipinski definition) is 3. The van der Waals surface area contributed by atoms with Gasteiger partial charge in [-0.25, -0.2) is 4.68 Å². The SMILES string of the molecule is Cc1cnn(CC(=O)NCc2c(C)nn(-c3ccccc3)c2C)c1. The number of carbonyl (C=O) groups excluding carboxylic acids is 1. The van der Waals surface area contributed by atoms with E-state index >= 15 is 0 Å². The van der Waals surface area contributed by atoms with Crippen molar-refractivity contribution in [1.29, 1.82) is 0 Å². The van der Waals surface area contributed by atoms with E-state index in [-0.39, 0.29) is 12.5 Å². The summed E-state index contributed by atoms with van der Waals surface area (Å²) < 4.78 is 3.55. The maximum Gasteiger partial charge on any atom is 0.241 e. The van der Waals surface area contributed by atoms with Crippen LogP contribution in [-0.2, 0) is 17.9 Å². The molecule has 0 atom stereocenters. The Morgan fingerprint density at radius 3 is 2.58 bits per heavy atom. The second-order valence-electron chi connectivity index (χ2n) is 5.89. The Morgan fingerprint density at radius 2 is 1.92 bits per heavy atom. The van der Waals surface area contributed by atoms with Gasteiger partial charge in [-0.15, -0.1) is 0 Å². The Labute approximate surface area is 141 Å². The first-order valence-corrected chi connectivity index (χ1v) is 7.91. The Morgan fingerprint density at radius 1 is 1.17 bits per heavy atom. The zero-order valence-corrected chi connectivity index (χ0v) is 14.2. The van der Waals surface area contributed by atoms with Crippen molar-refractivity contribution in [3.63, 3.8) is 0 Å². The zero-order valence-electron chi connectivity index (χ0n) is 14.2. The number of rotatable bonds is 5. The maximum absolute atomic E-state index is 12.1. The predicted octanol–water partition coefficient (Wildman–Crippen LogP) is 2.31. The van der Waals surface area contributed by atoms with E-state index in [1.54, 1.807) is 10.9 Å². The summed E-state index contributed by atoms with van der Waals surface area (Å²) in [6, 6.07) is 9.98. The van der Waals surface area contributed by atoms with Gasteiger partial charge in [0.15, 0.2) is 0 Å². The Bertz CT molecular complexity index is 848. The van der Waals surface area contributed by atoms with Gasteiger partial charge < -0.3 is 5.32 Å². The monoisotopic (exact) mass is 323 g/mol. The molecule has 0 unspecified atom stereocenters. The first-order chi connectivity index (χ1) is 11.5. The minimum absolute atomic E-state index is 0.0654. The van der Waals surface area contributed by atoms with Crippen LogP contribution in [0.5, 0.6) is 0 Å². The van der Waals surface area contributed by atoms with E-state index < -0.39 is 0 Å². The summed E-state index contributed by atoms with van der Waals surface area (Å²) in [6.45, 7) is 6.62. The fraction of sp³-hybridized carbons (Fsp3) is 0.278. The molecule has 1 aromatic carbocycles. The van der Waals surface area contributed by atoms with Crippen LogP contribution in [0.25, 0.3) is 5.69 Å². The van der Waals surface area contributed by atoms with E-state index in [0.29, 0.717) is 6.54 Å². The van der Waals surface area contributed by atoms with Gasteiger partial charge in [0.25, 0.3) is 0 Å². The number of amides is 1. The molecule has 6 heteroatoms.